The fourth-order valence-electron chi connectivity index (χ4n) is 5.03. The van der Waals surface area contributed by atoms with Crippen LogP contribution in [0.3, 0.4) is 0 Å². The molecule has 0 aromatic heterocycles. The predicted molar refractivity (Wildman–Crippen MR) is 120 cm³/mol. The maximum absolute atomic E-state index is 14.3. The Bertz CT molecular complexity index is 908. The molecule has 31 heavy (non-hydrogen) atoms. The van der Waals surface area contributed by atoms with E-state index in [-0.39, 0.29) is 12.8 Å². The Balaban J connectivity index is 1.45. The lowest BCUT2D eigenvalue weighted by Crippen LogP contribution is -2.35. The number of para-hydroxylation sites is 1. The quantitative estimate of drug-likeness (QED) is 0.585. The second-order valence-electron chi connectivity index (χ2n) is 8.91. The van der Waals surface area contributed by atoms with Gasteiger partial charge in [0, 0.05) is 36.8 Å². The Hall–Kier alpha value is -2.56. The third kappa shape index (κ3) is 5.57. The molecule has 1 heterocycles. The van der Waals surface area contributed by atoms with Gasteiger partial charge in [-0.05, 0) is 55.2 Å². The first kappa shape index (κ1) is 21.7. The topological polar surface area (TPSA) is 49.8 Å². The maximum Gasteiger partial charge on any atom is 0.303 e. The van der Waals surface area contributed by atoms with Gasteiger partial charge in [0.15, 0.2) is 0 Å². The molecule has 1 aliphatic heterocycles. The Morgan fingerprint density at radius 3 is 2.71 bits per heavy atom. The number of fused-ring (bicyclic) bond motifs is 1. The van der Waals surface area contributed by atoms with Crippen molar-refractivity contribution in [1.29, 1.82) is 0 Å². The van der Waals surface area contributed by atoms with Crippen LogP contribution in [0.5, 0.6) is 5.75 Å². The number of nitrogens with zero attached hydrogens (tertiary/aromatic N) is 1. The van der Waals surface area contributed by atoms with Gasteiger partial charge < -0.3 is 14.7 Å². The molecule has 4 rings (SSSR count). The number of carboxylic acid groups (broad SMARTS) is 1. The van der Waals surface area contributed by atoms with E-state index in [9.17, 15) is 9.18 Å². The molecule has 0 unspecified atom stereocenters. The van der Waals surface area contributed by atoms with E-state index in [1.165, 1.54) is 55.8 Å². The number of halogens is 1. The number of aryl methyl sites for hydroxylation is 2. The molecule has 1 saturated carbocycles. The van der Waals surface area contributed by atoms with Crippen LogP contribution in [0.2, 0.25) is 0 Å². The van der Waals surface area contributed by atoms with Crippen molar-refractivity contribution >= 4 is 11.7 Å². The summed E-state index contributed by atoms with van der Waals surface area (Å²) in [5, 5.41) is 8.80. The zero-order valence-electron chi connectivity index (χ0n) is 18.1. The number of rotatable bonds is 8. The second kappa shape index (κ2) is 10.2. The first-order chi connectivity index (χ1) is 15.1. The molecular weight excluding hydrogens is 393 g/mol. The minimum Gasteiger partial charge on any atom is -0.489 e. The zero-order chi connectivity index (χ0) is 21.6. The molecule has 2 aromatic carbocycles. The molecule has 1 N–H and O–H groups in total. The van der Waals surface area contributed by atoms with E-state index in [4.69, 9.17) is 9.84 Å². The van der Waals surface area contributed by atoms with E-state index >= 15 is 0 Å². The average Bonchev–Trinajstić information content (AvgIpc) is 2.77. The molecular formula is C26H32FNO3. The van der Waals surface area contributed by atoms with E-state index in [0.29, 0.717) is 17.9 Å². The van der Waals surface area contributed by atoms with Crippen LogP contribution in [0, 0.1) is 11.7 Å². The number of benzene rings is 2. The van der Waals surface area contributed by atoms with Crippen molar-refractivity contribution in [3.05, 3.63) is 58.9 Å². The van der Waals surface area contributed by atoms with Crippen molar-refractivity contribution in [3.8, 4) is 5.75 Å². The maximum atomic E-state index is 14.3. The number of carboxylic acids is 1. The first-order valence-electron chi connectivity index (χ1n) is 11.6. The number of ether oxygens (including phenoxy) is 1. The van der Waals surface area contributed by atoms with Crippen molar-refractivity contribution in [2.45, 2.75) is 64.4 Å². The van der Waals surface area contributed by atoms with Gasteiger partial charge in [-0.1, -0.05) is 43.5 Å². The molecule has 166 valence electrons. The lowest BCUT2D eigenvalue weighted by atomic mass is 9.87. The van der Waals surface area contributed by atoms with Crippen LogP contribution in [0.25, 0.3) is 0 Å². The van der Waals surface area contributed by atoms with Crippen LogP contribution in [-0.4, -0.2) is 24.2 Å². The predicted octanol–water partition coefficient (Wildman–Crippen LogP) is 5.75. The third-order valence-corrected chi connectivity index (χ3v) is 6.62. The molecule has 2 aliphatic rings. The largest absolute Gasteiger partial charge is 0.489 e. The number of aliphatic carboxylic acids is 1. The summed E-state index contributed by atoms with van der Waals surface area (Å²) in [4.78, 5) is 13.3. The van der Waals surface area contributed by atoms with Crippen LogP contribution in [0.1, 0.15) is 61.6 Å². The summed E-state index contributed by atoms with van der Waals surface area (Å²) < 4.78 is 20.3. The number of carbonyl (C=O) groups is 1. The number of hydrogen-bond acceptors (Lipinski definition) is 3. The van der Waals surface area contributed by atoms with Gasteiger partial charge in [-0.25, -0.2) is 4.39 Å². The molecule has 0 amide bonds. The summed E-state index contributed by atoms with van der Waals surface area (Å²) in [7, 11) is 0. The first-order valence-corrected chi connectivity index (χ1v) is 11.6. The zero-order valence-corrected chi connectivity index (χ0v) is 18.1. The van der Waals surface area contributed by atoms with Gasteiger partial charge in [0.1, 0.15) is 18.2 Å². The van der Waals surface area contributed by atoms with Gasteiger partial charge in [-0.2, -0.15) is 0 Å². The number of hydrogen-bond donors (Lipinski definition) is 1. The summed E-state index contributed by atoms with van der Waals surface area (Å²) >= 11 is 0. The van der Waals surface area contributed by atoms with Crippen molar-refractivity contribution < 1.29 is 19.0 Å². The lowest BCUT2D eigenvalue weighted by molar-refractivity contribution is -0.136. The highest BCUT2D eigenvalue weighted by Crippen LogP contribution is 2.34. The monoisotopic (exact) mass is 425 g/mol. The minimum atomic E-state index is -0.925. The Morgan fingerprint density at radius 2 is 1.94 bits per heavy atom. The van der Waals surface area contributed by atoms with Gasteiger partial charge in [-0.15, -0.1) is 0 Å². The average molecular weight is 426 g/mol. The SMILES string of the molecule is O=C(O)CCc1ccc(OCc2cccc3c2N(CC2CCCCC2)CCC3)cc1F. The standard InChI is InChI=1S/C26H32FNO3/c27-24-16-23(13-11-20(24)12-14-25(29)30)31-18-22-9-4-8-21-10-5-15-28(26(21)22)17-19-6-2-1-3-7-19/h4,8-9,11,13,16,19H,1-3,5-7,10,12,14-15,17-18H2,(H,29,30). The summed E-state index contributed by atoms with van der Waals surface area (Å²) in [6.45, 7) is 2.61. The van der Waals surface area contributed by atoms with E-state index in [2.05, 4.69) is 23.1 Å². The summed E-state index contributed by atoms with van der Waals surface area (Å²) in [5.41, 5.74) is 4.27. The molecule has 0 spiro atoms. The Kier molecular flexibility index (Phi) is 7.10. The summed E-state index contributed by atoms with van der Waals surface area (Å²) in [6, 6.07) is 11.2. The van der Waals surface area contributed by atoms with Gasteiger partial charge in [0.2, 0.25) is 0 Å². The molecule has 5 heteroatoms. The lowest BCUT2D eigenvalue weighted by Gasteiger charge is -2.37. The van der Waals surface area contributed by atoms with Gasteiger partial charge >= 0.3 is 5.97 Å². The molecule has 4 nitrogen and oxygen atoms in total. The van der Waals surface area contributed by atoms with E-state index in [1.807, 2.05) is 0 Å². The van der Waals surface area contributed by atoms with E-state index in [0.717, 1.165) is 31.0 Å². The van der Waals surface area contributed by atoms with E-state index < -0.39 is 11.8 Å². The summed E-state index contributed by atoms with van der Waals surface area (Å²) in [5.74, 6) is -0.0796. The highest BCUT2D eigenvalue weighted by atomic mass is 19.1. The fourth-order valence-corrected chi connectivity index (χ4v) is 5.03. The third-order valence-electron chi connectivity index (χ3n) is 6.62. The molecule has 1 aliphatic carbocycles. The summed E-state index contributed by atoms with van der Waals surface area (Å²) in [6.07, 6.45) is 9.13. The van der Waals surface area contributed by atoms with Crippen LogP contribution in [0.15, 0.2) is 36.4 Å². The van der Waals surface area contributed by atoms with Gasteiger partial charge in [-0.3, -0.25) is 4.79 Å². The number of anilines is 1. The highest BCUT2D eigenvalue weighted by molar-refractivity contribution is 5.67. The Morgan fingerprint density at radius 1 is 1.10 bits per heavy atom. The molecule has 1 fully saturated rings. The van der Waals surface area contributed by atoms with Gasteiger partial charge in [0.05, 0.1) is 0 Å². The van der Waals surface area contributed by atoms with Gasteiger partial charge in [0.25, 0.3) is 0 Å². The van der Waals surface area contributed by atoms with Crippen LogP contribution in [-0.2, 0) is 24.2 Å². The second-order valence-corrected chi connectivity index (χ2v) is 8.91. The Labute approximate surface area is 184 Å². The molecule has 0 bridgehead atoms. The fraction of sp³-hybridized carbons (Fsp3) is 0.500. The van der Waals surface area contributed by atoms with Crippen LogP contribution >= 0.6 is 0 Å². The molecule has 0 saturated heterocycles. The van der Waals surface area contributed by atoms with Crippen LogP contribution in [0.4, 0.5) is 10.1 Å². The van der Waals surface area contributed by atoms with Crippen molar-refractivity contribution in [1.82, 2.24) is 0 Å². The highest BCUT2D eigenvalue weighted by Gasteiger charge is 2.24. The van der Waals surface area contributed by atoms with E-state index in [1.54, 1.807) is 12.1 Å². The van der Waals surface area contributed by atoms with Crippen molar-refractivity contribution in [2.24, 2.45) is 5.92 Å². The molecule has 2 aromatic rings. The van der Waals surface area contributed by atoms with Crippen LogP contribution < -0.4 is 9.64 Å². The van der Waals surface area contributed by atoms with Crippen molar-refractivity contribution in [2.75, 3.05) is 18.0 Å². The normalized spacial score (nSPS) is 16.7. The smallest absolute Gasteiger partial charge is 0.303 e. The molecule has 0 atom stereocenters. The minimum absolute atomic E-state index is 0.0793. The van der Waals surface area contributed by atoms with Crippen molar-refractivity contribution in [3.63, 3.8) is 0 Å². The molecule has 0 radical (unpaired) electrons.